The molecular weight excluding hydrogens is 240 g/mol. The Balaban J connectivity index is 3.11. The summed E-state index contributed by atoms with van der Waals surface area (Å²) < 4.78 is 24.4. The van der Waals surface area contributed by atoms with Crippen molar-refractivity contribution < 1.29 is 18.6 Å². The molecule has 0 radical (unpaired) electrons. The van der Waals surface area contributed by atoms with E-state index in [4.69, 9.17) is 5.26 Å². The van der Waals surface area contributed by atoms with E-state index in [1.165, 1.54) is 19.1 Å². The molecule has 0 bridgehead atoms. The minimum Gasteiger partial charge on any atom is -0.251 e. The van der Waals surface area contributed by atoms with E-state index in [1.54, 1.807) is 25.1 Å². The van der Waals surface area contributed by atoms with Crippen LogP contribution in [0.5, 0.6) is 0 Å². The van der Waals surface area contributed by atoms with Crippen LogP contribution in [-0.2, 0) is 14.7 Å². The fraction of sp³-hybridized carbons (Fsp3) is 0.333. The van der Waals surface area contributed by atoms with Gasteiger partial charge in [0.15, 0.2) is 9.84 Å². The molecule has 0 heterocycles. The van der Waals surface area contributed by atoms with Gasteiger partial charge >= 0.3 is 0 Å². The molecule has 1 aromatic carbocycles. The molecule has 1 rings (SSSR count). The predicted molar refractivity (Wildman–Crippen MR) is 65.4 cm³/mol. The smallest absolute Gasteiger partial charge is 0.183 e. The van der Waals surface area contributed by atoms with E-state index in [1.807, 2.05) is 0 Å². The SMILES string of the molecule is C=C(C)[C@H](OO)[C@H](C)S(=O)(=O)c1ccccc1. The van der Waals surface area contributed by atoms with E-state index < -0.39 is 21.2 Å². The number of rotatable bonds is 5. The minimum atomic E-state index is -3.54. The van der Waals surface area contributed by atoms with Crippen molar-refractivity contribution in [1.29, 1.82) is 0 Å². The molecular formula is C12H16O4S. The first-order chi connectivity index (χ1) is 7.91. The molecule has 4 nitrogen and oxygen atoms in total. The van der Waals surface area contributed by atoms with Crippen LogP contribution in [0.25, 0.3) is 0 Å². The monoisotopic (exact) mass is 256 g/mol. The van der Waals surface area contributed by atoms with Gasteiger partial charge in [0.05, 0.1) is 10.1 Å². The van der Waals surface area contributed by atoms with Gasteiger partial charge in [0, 0.05) is 0 Å². The molecule has 0 fully saturated rings. The Morgan fingerprint density at radius 3 is 2.29 bits per heavy atom. The van der Waals surface area contributed by atoms with Crippen LogP contribution in [0.15, 0.2) is 47.4 Å². The standard InChI is InChI=1S/C12H16O4S/c1-9(2)12(16-13)10(3)17(14,15)11-7-5-4-6-8-11/h4-8,10,12-13H,1H2,2-3H3/t10-,12-/m0/s1. The fourth-order valence-electron chi connectivity index (χ4n) is 1.56. The predicted octanol–water partition coefficient (Wildman–Crippen LogP) is 2.28. The van der Waals surface area contributed by atoms with E-state index in [0.717, 1.165) is 0 Å². The van der Waals surface area contributed by atoms with Crippen molar-refractivity contribution in [2.45, 2.75) is 30.1 Å². The summed E-state index contributed by atoms with van der Waals surface area (Å²) in [7, 11) is -3.54. The first kappa shape index (κ1) is 13.9. The van der Waals surface area contributed by atoms with Gasteiger partial charge < -0.3 is 0 Å². The van der Waals surface area contributed by atoms with Crippen LogP contribution in [0.2, 0.25) is 0 Å². The van der Waals surface area contributed by atoms with Crippen molar-refractivity contribution in [2.24, 2.45) is 0 Å². The van der Waals surface area contributed by atoms with E-state index >= 15 is 0 Å². The molecule has 0 amide bonds. The lowest BCUT2D eigenvalue weighted by atomic mass is 10.1. The quantitative estimate of drug-likeness (QED) is 0.498. The molecule has 17 heavy (non-hydrogen) atoms. The molecule has 1 N–H and O–H groups in total. The van der Waals surface area contributed by atoms with Crippen LogP contribution in [0.1, 0.15) is 13.8 Å². The largest absolute Gasteiger partial charge is 0.251 e. The summed E-state index contributed by atoms with van der Waals surface area (Å²) in [6.07, 6.45) is -0.930. The molecule has 94 valence electrons. The zero-order valence-electron chi connectivity index (χ0n) is 9.83. The van der Waals surface area contributed by atoms with Gasteiger partial charge in [0.2, 0.25) is 0 Å². The van der Waals surface area contributed by atoms with Crippen LogP contribution in [-0.4, -0.2) is 25.0 Å². The molecule has 0 aliphatic heterocycles. The maximum absolute atomic E-state index is 12.2. The average molecular weight is 256 g/mol. The van der Waals surface area contributed by atoms with E-state index in [9.17, 15) is 8.42 Å². The van der Waals surface area contributed by atoms with Gasteiger partial charge in [-0.1, -0.05) is 24.8 Å². The average Bonchev–Trinajstić information content (AvgIpc) is 2.30. The summed E-state index contributed by atoms with van der Waals surface area (Å²) in [6.45, 7) is 6.70. The summed E-state index contributed by atoms with van der Waals surface area (Å²) in [4.78, 5) is 4.41. The second-order valence-corrected chi connectivity index (χ2v) is 6.24. The first-order valence-corrected chi connectivity index (χ1v) is 6.70. The second-order valence-electron chi connectivity index (χ2n) is 3.94. The van der Waals surface area contributed by atoms with E-state index in [0.29, 0.717) is 5.57 Å². The Labute approximate surface area is 101 Å². The number of benzene rings is 1. The third kappa shape index (κ3) is 2.94. The molecule has 0 saturated carbocycles. The molecule has 0 spiro atoms. The highest BCUT2D eigenvalue weighted by atomic mass is 32.2. The van der Waals surface area contributed by atoms with Crippen molar-refractivity contribution in [3.63, 3.8) is 0 Å². The van der Waals surface area contributed by atoms with Gasteiger partial charge in [0.1, 0.15) is 6.10 Å². The normalized spacial score (nSPS) is 15.2. The highest BCUT2D eigenvalue weighted by molar-refractivity contribution is 7.92. The van der Waals surface area contributed by atoms with Crippen molar-refractivity contribution in [1.82, 2.24) is 0 Å². The molecule has 5 heteroatoms. The van der Waals surface area contributed by atoms with Crippen LogP contribution in [0.3, 0.4) is 0 Å². The molecule has 0 aliphatic carbocycles. The Bertz CT molecular complexity index is 478. The maximum Gasteiger partial charge on any atom is 0.183 e. The number of hydrogen-bond acceptors (Lipinski definition) is 4. The lowest BCUT2D eigenvalue weighted by molar-refractivity contribution is -0.267. The number of hydrogen-bond donors (Lipinski definition) is 1. The van der Waals surface area contributed by atoms with Crippen molar-refractivity contribution in [3.8, 4) is 0 Å². The maximum atomic E-state index is 12.2. The first-order valence-electron chi connectivity index (χ1n) is 5.16. The zero-order valence-corrected chi connectivity index (χ0v) is 10.6. The second kappa shape index (κ2) is 5.44. The van der Waals surface area contributed by atoms with Gasteiger partial charge in [-0.3, -0.25) is 5.26 Å². The van der Waals surface area contributed by atoms with E-state index in [2.05, 4.69) is 11.5 Å². The Hall–Kier alpha value is -1.17. The third-order valence-corrected chi connectivity index (χ3v) is 4.74. The van der Waals surface area contributed by atoms with Crippen molar-refractivity contribution in [3.05, 3.63) is 42.5 Å². The topological polar surface area (TPSA) is 63.6 Å². The highest BCUT2D eigenvalue weighted by Crippen LogP contribution is 2.22. The van der Waals surface area contributed by atoms with Crippen molar-refractivity contribution >= 4 is 9.84 Å². The van der Waals surface area contributed by atoms with Gasteiger partial charge in [0.25, 0.3) is 0 Å². The molecule has 0 aliphatic rings. The molecule has 0 unspecified atom stereocenters. The number of sulfone groups is 1. The summed E-state index contributed by atoms with van der Waals surface area (Å²) in [5.74, 6) is 0. The highest BCUT2D eigenvalue weighted by Gasteiger charge is 2.32. The van der Waals surface area contributed by atoms with Crippen LogP contribution >= 0.6 is 0 Å². The van der Waals surface area contributed by atoms with Crippen molar-refractivity contribution in [2.75, 3.05) is 0 Å². The molecule has 2 atom stereocenters. The van der Waals surface area contributed by atoms with Gasteiger partial charge in [-0.25, -0.2) is 13.3 Å². The Morgan fingerprint density at radius 1 is 1.35 bits per heavy atom. The summed E-state index contributed by atoms with van der Waals surface area (Å²) in [5.41, 5.74) is 0.458. The van der Waals surface area contributed by atoms with Gasteiger partial charge in [-0.05, 0) is 31.6 Å². The van der Waals surface area contributed by atoms with Crippen LogP contribution < -0.4 is 0 Å². The summed E-state index contributed by atoms with van der Waals surface area (Å²) in [5, 5.41) is 7.86. The van der Waals surface area contributed by atoms with Crippen LogP contribution in [0, 0.1) is 0 Å². The Morgan fingerprint density at radius 2 is 1.88 bits per heavy atom. The van der Waals surface area contributed by atoms with E-state index in [-0.39, 0.29) is 4.90 Å². The minimum absolute atomic E-state index is 0.204. The zero-order chi connectivity index (χ0) is 13.1. The molecule has 0 saturated heterocycles. The van der Waals surface area contributed by atoms with Gasteiger partial charge in [-0.15, -0.1) is 0 Å². The van der Waals surface area contributed by atoms with Crippen LogP contribution in [0.4, 0.5) is 0 Å². The summed E-state index contributed by atoms with van der Waals surface area (Å²) in [6, 6.07) is 8.06. The molecule has 1 aromatic rings. The lowest BCUT2D eigenvalue weighted by Crippen LogP contribution is -2.33. The molecule has 0 aromatic heterocycles. The summed E-state index contributed by atoms with van der Waals surface area (Å²) >= 11 is 0. The lowest BCUT2D eigenvalue weighted by Gasteiger charge is -2.21. The Kier molecular flexibility index (Phi) is 4.45. The fourth-order valence-corrected chi connectivity index (χ4v) is 3.14. The van der Waals surface area contributed by atoms with Gasteiger partial charge in [-0.2, -0.15) is 0 Å². The third-order valence-electron chi connectivity index (χ3n) is 2.59.